The zero-order valence-corrected chi connectivity index (χ0v) is 17.9. The Hall–Kier alpha value is -0.260. The number of allylic oxidation sites excluding steroid dienone is 2. The fourth-order valence-corrected chi connectivity index (χ4v) is 2.82. The van der Waals surface area contributed by atoms with Crippen molar-refractivity contribution in [3.63, 3.8) is 0 Å². The Bertz CT molecular complexity index is 198. The summed E-state index contributed by atoms with van der Waals surface area (Å²) in [6, 6.07) is 0. The molecule has 0 spiro atoms. The Balaban J connectivity index is 0. The van der Waals surface area contributed by atoms with Gasteiger partial charge in [-0.2, -0.15) is 0 Å². The van der Waals surface area contributed by atoms with Crippen LogP contribution in [0.15, 0.2) is 12.2 Å². The quantitative estimate of drug-likeness (QED) is 0.183. The van der Waals surface area contributed by atoms with Gasteiger partial charge in [0.15, 0.2) is 0 Å². The van der Waals surface area contributed by atoms with E-state index in [1.807, 2.05) is 0 Å². The van der Waals surface area contributed by atoms with Crippen LogP contribution in [-0.4, -0.2) is 0 Å². The normalized spacial score (nSPS) is 10.8. The third kappa shape index (κ3) is 29.7. The van der Waals surface area contributed by atoms with Crippen molar-refractivity contribution in [1.82, 2.24) is 0 Å². The van der Waals surface area contributed by atoms with Crippen LogP contribution in [0.25, 0.3) is 0 Å². The van der Waals surface area contributed by atoms with Crippen molar-refractivity contribution in [3.8, 4) is 0 Å². The lowest BCUT2D eigenvalue weighted by atomic mass is 10.1. The molecule has 0 amide bonds. The van der Waals surface area contributed by atoms with Crippen LogP contribution in [0.5, 0.6) is 0 Å². The van der Waals surface area contributed by atoms with E-state index in [0.29, 0.717) is 0 Å². The smallest absolute Gasteiger partial charge is 0.0351 e. The van der Waals surface area contributed by atoms with Gasteiger partial charge in [0.2, 0.25) is 0 Å². The highest BCUT2D eigenvalue weighted by atomic mass is 13.9. The Morgan fingerprint density at radius 2 is 0.583 bits per heavy atom. The zero-order valence-electron chi connectivity index (χ0n) is 17.9. The van der Waals surface area contributed by atoms with Crippen LogP contribution in [0.1, 0.15) is 143 Å². The second-order valence-electron chi connectivity index (χ2n) is 7.29. The molecule has 0 heterocycles. The Kier molecular flexibility index (Phi) is 29.9. The van der Waals surface area contributed by atoms with E-state index in [1.165, 1.54) is 116 Å². The van der Waals surface area contributed by atoms with Crippen molar-refractivity contribution >= 4 is 0 Å². The molecule has 0 unspecified atom stereocenters. The van der Waals surface area contributed by atoms with Gasteiger partial charge < -0.3 is 0 Å². The lowest BCUT2D eigenvalue weighted by Crippen LogP contribution is -1.78. The van der Waals surface area contributed by atoms with Crippen LogP contribution >= 0.6 is 0 Å². The lowest BCUT2D eigenvalue weighted by Gasteiger charge is -1.98. The molecule has 0 aliphatic carbocycles. The molecule has 0 radical (unpaired) electrons. The maximum Gasteiger partial charge on any atom is -0.0351 e. The molecule has 24 heavy (non-hydrogen) atoms. The van der Waals surface area contributed by atoms with Gasteiger partial charge in [-0.25, -0.2) is 0 Å². The van der Waals surface area contributed by atoms with E-state index in [1.54, 1.807) is 0 Å². The van der Waals surface area contributed by atoms with E-state index in [9.17, 15) is 0 Å². The van der Waals surface area contributed by atoms with E-state index >= 15 is 0 Å². The van der Waals surface area contributed by atoms with Gasteiger partial charge in [0.1, 0.15) is 0 Å². The van der Waals surface area contributed by atoms with E-state index in [4.69, 9.17) is 0 Å². The van der Waals surface area contributed by atoms with Gasteiger partial charge in [0.05, 0.1) is 0 Å². The van der Waals surface area contributed by atoms with Gasteiger partial charge >= 0.3 is 0 Å². The van der Waals surface area contributed by atoms with Crippen LogP contribution in [-0.2, 0) is 0 Å². The van der Waals surface area contributed by atoms with E-state index in [-0.39, 0.29) is 0 Å². The van der Waals surface area contributed by atoms with Crippen LogP contribution < -0.4 is 0 Å². The van der Waals surface area contributed by atoms with E-state index in [2.05, 4.69) is 39.8 Å². The Labute approximate surface area is 155 Å². The molecule has 0 atom stereocenters. The molecule has 0 aliphatic heterocycles. The molecule has 0 heteroatoms. The summed E-state index contributed by atoms with van der Waals surface area (Å²) in [6.07, 6.45) is 29.9. The molecule has 146 valence electrons. The average Bonchev–Trinajstić information content (AvgIpc) is 2.60. The van der Waals surface area contributed by atoms with Crippen molar-refractivity contribution < 1.29 is 0 Å². The second-order valence-corrected chi connectivity index (χ2v) is 7.29. The number of hydrogen-bond donors (Lipinski definition) is 0. The number of hydrogen-bond acceptors (Lipinski definition) is 0. The molecule has 0 saturated heterocycles. The molecule has 0 aromatic heterocycles. The molecule has 0 saturated carbocycles. The molecule has 0 nitrogen and oxygen atoms in total. The second kappa shape index (κ2) is 27.6. The number of unbranched alkanes of at least 4 members (excludes halogenated alkanes) is 15. The van der Waals surface area contributed by atoms with Gasteiger partial charge in [-0.15, -0.1) is 0 Å². The predicted molar refractivity (Wildman–Crippen MR) is 115 cm³/mol. The summed E-state index contributed by atoms with van der Waals surface area (Å²) in [7, 11) is 0. The molecule has 0 N–H and O–H groups in total. The zero-order chi connectivity index (χ0) is 18.1. The maximum atomic E-state index is 2.39. The highest BCUT2D eigenvalue weighted by Gasteiger charge is 1.88. The molecule has 0 aliphatic rings. The summed E-state index contributed by atoms with van der Waals surface area (Å²) >= 11 is 0. The van der Waals surface area contributed by atoms with Gasteiger partial charge in [-0.1, -0.05) is 130 Å². The topological polar surface area (TPSA) is 0 Å². The molecular weight excluding hydrogens is 288 g/mol. The Morgan fingerprint density at radius 3 is 0.917 bits per heavy atom. The largest absolute Gasteiger partial charge is 0.0885 e. The molecule has 0 aromatic rings. The fraction of sp³-hybridized carbons (Fsp3) is 0.917. The predicted octanol–water partition coefficient (Wildman–Crippen LogP) is 9.63. The summed E-state index contributed by atoms with van der Waals surface area (Å²) < 4.78 is 0. The molecule has 0 fully saturated rings. The van der Waals surface area contributed by atoms with Crippen LogP contribution in [0.3, 0.4) is 0 Å². The Morgan fingerprint density at radius 1 is 0.333 bits per heavy atom. The van der Waals surface area contributed by atoms with Crippen molar-refractivity contribution in [2.45, 2.75) is 143 Å². The molecule has 0 rings (SSSR count). The molecule has 0 bridgehead atoms. The maximum absolute atomic E-state index is 2.39. The third-order valence-corrected chi connectivity index (χ3v) is 4.57. The number of rotatable bonds is 17. The van der Waals surface area contributed by atoms with Crippen molar-refractivity contribution in [2.24, 2.45) is 0 Å². The summed E-state index contributed by atoms with van der Waals surface area (Å²) in [5.41, 5.74) is 0. The van der Waals surface area contributed by atoms with Gasteiger partial charge in [0.25, 0.3) is 0 Å². The van der Waals surface area contributed by atoms with Gasteiger partial charge in [0, 0.05) is 0 Å². The highest BCUT2D eigenvalue weighted by molar-refractivity contribution is 4.81. The van der Waals surface area contributed by atoms with Crippen molar-refractivity contribution in [1.29, 1.82) is 0 Å². The van der Waals surface area contributed by atoms with Gasteiger partial charge in [-0.05, 0) is 25.7 Å². The minimum atomic E-state index is 1.30. The first kappa shape index (κ1) is 26.0. The van der Waals surface area contributed by atoms with Gasteiger partial charge in [-0.3, -0.25) is 0 Å². The van der Waals surface area contributed by atoms with Crippen LogP contribution in [0.2, 0.25) is 0 Å². The fourth-order valence-electron chi connectivity index (χ4n) is 2.82. The van der Waals surface area contributed by atoms with E-state index < -0.39 is 0 Å². The summed E-state index contributed by atoms with van der Waals surface area (Å²) in [5, 5.41) is 0. The van der Waals surface area contributed by atoms with E-state index in [0.717, 1.165) is 0 Å². The minimum Gasteiger partial charge on any atom is -0.0885 e. The third-order valence-electron chi connectivity index (χ3n) is 4.57. The standard InChI is InChI=1S/C16H32.C8H18/c1-3-5-7-9-11-13-15-16-14-12-10-8-6-4-2;1-3-5-7-8-6-4-2/h13,15H,3-12,14,16H2,1-2H3;3-8H2,1-2H3. The average molecular weight is 339 g/mol. The first-order valence-electron chi connectivity index (χ1n) is 11.5. The van der Waals surface area contributed by atoms with Crippen molar-refractivity contribution in [3.05, 3.63) is 12.2 Å². The molecular formula is C24H50. The first-order valence-corrected chi connectivity index (χ1v) is 11.5. The SMILES string of the molecule is CCCCCCC=CCCCCCCCC.CCCCCCCC. The first-order chi connectivity index (χ1) is 11.8. The van der Waals surface area contributed by atoms with Crippen LogP contribution in [0.4, 0.5) is 0 Å². The molecule has 0 aromatic carbocycles. The monoisotopic (exact) mass is 338 g/mol. The highest BCUT2D eigenvalue weighted by Crippen LogP contribution is 2.08. The summed E-state index contributed by atoms with van der Waals surface area (Å²) in [6.45, 7) is 9.06. The summed E-state index contributed by atoms with van der Waals surface area (Å²) in [4.78, 5) is 0. The van der Waals surface area contributed by atoms with Crippen LogP contribution in [0, 0.1) is 0 Å². The minimum absolute atomic E-state index is 1.30. The summed E-state index contributed by atoms with van der Waals surface area (Å²) in [5.74, 6) is 0. The van der Waals surface area contributed by atoms with Crippen molar-refractivity contribution in [2.75, 3.05) is 0 Å². The lowest BCUT2D eigenvalue weighted by molar-refractivity contribution is 0.610.